The lowest BCUT2D eigenvalue weighted by atomic mass is 9.99. The Morgan fingerprint density at radius 1 is 0.815 bits per heavy atom. The number of carbonyl (C=O) groups excluding carboxylic acids is 2. The van der Waals surface area contributed by atoms with Crippen molar-refractivity contribution in [2.75, 3.05) is 16.8 Å². The van der Waals surface area contributed by atoms with Gasteiger partial charge in [-0.2, -0.15) is 0 Å². The Balaban J connectivity index is 0.955. The molecule has 0 radical (unpaired) electrons. The van der Waals surface area contributed by atoms with E-state index in [-0.39, 0.29) is 43.5 Å². The summed E-state index contributed by atoms with van der Waals surface area (Å²) in [5, 5.41) is 15.3. The SMILES string of the molecule is Nc1ccccc1NC(=O)CCCC(=O)NCc1cccc(-c2ccc([C@H]3O[C@@H](CSc4nc5ccccc5s4)C[C@@H](c4ccc(CO)cc4)O3)cc2)c1. The maximum atomic E-state index is 12.6. The molecule has 7 rings (SSSR count). The zero-order valence-electron chi connectivity index (χ0n) is 29.7. The molecule has 2 amide bonds. The van der Waals surface area contributed by atoms with Crippen molar-refractivity contribution < 1.29 is 24.2 Å². The number of amides is 2. The van der Waals surface area contributed by atoms with Gasteiger partial charge in [-0.1, -0.05) is 103 Å². The molecular formula is C43H42N4O5S2. The molecule has 0 unspecified atom stereocenters. The van der Waals surface area contributed by atoms with Crippen LogP contribution in [0.15, 0.2) is 126 Å². The first-order valence-corrected chi connectivity index (χ1v) is 19.8. The van der Waals surface area contributed by atoms with Gasteiger partial charge in [-0.05, 0) is 64.6 Å². The predicted molar refractivity (Wildman–Crippen MR) is 216 cm³/mol. The van der Waals surface area contributed by atoms with Crippen LogP contribution in [-0.4, -0.2) is 33.8 Å². The van der Waals surface area contributed by atoms with E-state index in [0.29, 0.717) is 30.8 Å². The summed E-state index contributed by atoms with van der Waals surface area (Å²) in [6.07, 6.45) is 0.821. The standard InChI is InChI=1S/C43H42N4O5S2/c44-35-9-1-2-10-36(35)46-41(50)14-6-13-40(49)45-25-29-7-5-8-33(23-29)30-19-21-32(22-20-30)42-51-34(24-38(52-42)31-17-15-28(26-48)16-18-31)27-53-43-47-37-11-3-4-12-39(37)54-43/h1-5,7-12,15-23,34,38,42,48H,6,13-14,24-27,44H2,(H,45,49)(H,46,50)/t34-,38+,42+/m1/s1. The number of thioether (sulfide) groups is 1. The predicted octanol–water partition coefficient (Wildman–Crippen LogP) is 8.80. The molecular weight excluding hydrogens is 717 g/mol. The number of thiazole rings is 1. The summed E-state index contributed by atoms with van der Waals surface area (Å²) >= 11 is 3.41. The van der Waals surface area contributed by atoms with E-state index in [9.17, 15) is 14.7 Å². The quantitative estimate of drug-likeness (QED) is 0.0640. The number of nitrogen functional groups attached to an aromatic ring is 1. The highest BCUT2D eigenvalue weighted by molar-refractivity contribution is 8.01. The van der Waals surface area contributed by atoms with Crippen LogP contribution in [0, 0.1) is 0 Å². The van der Waals surface area contributed by atoms with Gasteiger partial charge in [0.2, 0.25) is 11.8 Å². The third-order valence-electron chi connectivity index (χ3n) is 9.26. The molecule has 6 aromatic rings. The number of hydrogen-bond acceptors (Lipinski definition) is 9. The maximum absolute atomic E-state index is 12.6. The zero-order chi connectivity index (χ0) is 37.3. The lowest BCUT2D eigenvalue weighted by molar-refractivity contribution is -0.245. The number of rotatable bonds is 14. The van der Waals surface area contributed by atoms with Crippen molar-refractivity contribution >= 4 is 56.5 Å². The number of anilines is 2. The van der Waals surface area contributed by atoms with Crippen molar-refractivity contribution in [3.05, 3.63) is 144 Å². The van der Waals surface area contributed by atoms with Crippen molar-refractivity contribution in [2.45, 2.75) is 61.7 Å². The van der Waals surface area contributed by atoms with Gasteiger partial charge >= 0.3 is 0 Å². The smallest absolute Gasteiger partial charge is 0.224 e. The molecule has 1 aliphatic rings. The Bertz CT molecular complexity index is 2160. The van der Waals surface area contributed by atoms with Crippen LogP contribution in [0.5, 0.6) is 0 Å². The summed E-state index contributed by atoms with van der Waals surface area (Å²) < 4.78 is 15.4. The molecule has 9 nitrogen and oxygen atoms in total. The second-order valence-corrected chi connectivity index (χ2v) is 15.5. The molecule has 0 aliphatic carbocycles. The number of ether oxygens (including phenoxy) is 2. The molecule has 276 valence electrons. The first kappa shape index (κ1) is 37.3. The second kappa shape index (κ2) is 17.9. The molecule has 54 heavy (non-hydrogen) atoms. The third-order valence-corrected chi connectivity index (χ3v) is 11.6. The van der Waals surface area contributed by atoms with E-state index < -0.39 is 6.29 Å². The van der Waals surface area contributed by atoms with Crippen molar-refractivity contribution in [2.24, 2.45) is 0 Å². The molecule has 0 spiro atoms. The normalized spacial score (nSPS) is 16.9. The maximum Gasteiger partial charge on any atom is 0.224 e. The third kappa shape index (κ3) is 9.73. The largest absolute Gasteiger partial charge is 0.397 e. The highest BCUT2D eigenvalue weighted by Crippen LogP contribution is 2.40. The fraction of sp³-hybridized carbons (Fsp3) is 0.233. The number of fused-ring (bicyclic) bond motifs is 1. The molecule has 1 aromatic heterocycles. The first-order chi connectivity index (χ1) is 26.4. The number of aliphatic hydroxyl groups excluding tert-OH is 1. The minimum atomic E-state index is -0.555. The number of nitrogens with two attached hydrogens (primary N) is 1. The Kier molecular flexibility index (Phi) is 12.3. The Labute approximate surface area is 322 Å². The van der Waals surface area contributed by atoms with Crippen LogP contribution < -0.4 is 16.4 Å². The van der Waals surface area contributed by atoms with Crippen LogP contribution >= 0.6 is 23.1 Å². The minimum absolute atomic E-state index is 0.00312. The molecule has 2 heterocycles. The van der Waals surface area contributed by atoms with Crippen molar-refractivity contribution in [1.82, 2.24) is 10.3 Å². The van der Waals surface area contributed by atoms with Gasteiger partial charge in [-0.15, -0.1) is 11.3 Å². The number of carbonyl (C=O) groups is 2. The van der Waals surface area contributed by atoms with Crippen LogP contribution in [0.2, 0.25) is 0 Å². The van der Waals surface area contributed by atoms with E-state index in [0.717, 1.165) is 49.0 Å². The summed E-state index contributed by atoms with van der Waals surface area (Å²) in [7, 11) is 0. The molecule has 3 atom stereocenters. The molecule has 5 N–H and O–H groups in total. The van der Waals surface area contributed by atoms with Gasteiger partial charge in [0.1, 0.15) is 0 Å². The number of nitrogens with one attached hydrogen (secondary N) is 2. The number of aromatic nitrogens is 1. The van der Waals surface area contributed by atoms with Crippen LogP contribution in [0.3, 0.4) is 0 Å². The van der Waals surface area contributed by atoms with E-state index in [1.54, 1.807) is 35.2 Å². The number of para-hydroxylation sites is 3. The topological polar surface area (TPSA) is 136 Å². The van der Waals surface area contributed by atoms with E-state index in [1.807, 2.05) is 84.9 Å². The van der Waals surface area contributed by atoms with E-state index in [2.05, 4.69) is 34.9 Å². The molecule has 0 saturated carbocycles. The lowest BCUT2D eigenvalue weighted by Crippen LogP contribution is -2.31. The van der Waals surface area contributed by atoms with Gasteiger partial charge in [-0.3, -0.25) is 9.59 Å². The van der Waals surface area contributed by atoms with E-state index in [1.165, 1.54) is 4.70 Å². The molecule has 0 bridgehead atoms. The number of hydrogen-bond donors (Lipinski definition) is 4. The Hall–Kier alpha value is -5.04. The van der Waals surface area contributed by atoms with Crippen molar-refractivity contribution in [3.63, 3.8) is 0 Å². The van der Waals surface area contributed by atoms with Crippen molar-refractivity contribution in [3.8, 4) is 11.1 Å². The molecule has 11 heteroatoms. The fourth-order valence-electron chi connectivity index (χ4n) is 6.32. The molecule has 1 saturated heterocycles. The summed E-state index contributed by atoms with van der Waals surface area (Å²) in [4.78, 5) is 29.7. The Morgan fingerprint density at radius 3 is 2.37 bits per heavy atom. The zero-order valence-corrected chi connectivity index (χ0v) is 31.3. The summed E-state index contributed by atoms with van der Waals surface area (Å²) in [5.74, 6) is 0.461. The van der Waals surface area contributed by atoms with Gasteiger partial charge in [0.05, 0.1) is 40.4 Å². The van der Waals surface area contributed by atoms with Gasteiger partial charge in [0.15, 0.2) is 10.6 Å². The molecule has 1 aliphatic heterocycles. The summed E-state index contributed by atoms with van der Waals surface area (Å²) in [6, 6.07) is 39.5. The second-order valence-electron chi connectivity index (χ2n) is 13.2. The average molecular weight is 759 g/mol. The van der Waals surface area contributed by atoms with Gasteiger partial charge in [0.25, 0.3) is 0 Å². The van der Waals surface area contributed by atoms with E-state index >= 15 is 0 Å². The van der Waals surface area contributed by atoms with Gasteiger partial charge < -0.3 is 30.9 Å². The summed E-state index contributed by atoms with van der Waals surface area (Å²) in [5.41, 5.74) is 13.9. The molecule has 5 aromatic carbocycles. The number of nitrogens with zero attached hydrogens (tertiary/aromatic N) is 1. The minimum Gasteiger partial charge on any atom is -0.397 e. The van der Waals surface area contributed by atoms with E-state index in [4.69, 9.17) is 20.2 Å². The lowest BCUT2D eigenvalue weighted by Gasteiger charge is -2.36. The van der Waals surface area contributed by atoms with Gasteiger partial charge in [-0.25, -0.2) is 4.98 Å². The van der Waals surface area contributed by atoms with Crippen LogP contribution in [0.4, 0.5) is 11.4 Å². The van der Waals surface area contributed by atoms with Gasteiger partial charge in [0, 0.05) is 37.1 Å². The van der Waals surface area contributed by atoms with Crippen LogP contribution in [0.1, 0.15) is 60.3 Å². The monoisotopic (exact) mass is 758 g/mol. The van der Waals surface area contributed by atoms with Crippen LogP contribution in [-0.2, 0) is 32.2 Å². The first-order valence-electron chi connectivity index (χ1n) is 18.0. The highest BCUT2D eigenvalue weighted by Gasteiger charge is 2.32. The summed E-state index contributed by atoms with van der Waals surface area (Å²) in [6.45, 7) is 0.384. The number of aliphatic hydroxyl groups is 1. The Morgan fingerprint density at radius 2 is 1.57 bits per heavy atom. The van der Waals surface area contributed by atoms with Crippen LogP contribution in [0.25, 0.3) is 21.3 Å². The average Bonchev–Trinajstić information content (AvgIpc) is 3.63. The molecule has 1 fully saturated rings. The van der Waals surface area contributed by atoms with Crippen molar-refractivity contribution in [1.29, 1.82) is 0 Å². The number of benzene rings is 5. The highest BCUT2D eigenvalue weighted by atomic mass is 32.2. The fourth-order valence-corrected chi connectivity index (χ4v) is 8.43.